The molecule has 26 heavy (non-hydrogen) atoms. The molecule has 1 aromatic carbocycles. The molecular weight excluding hydrogens is 322 g/mol. The number of furan rings is 1. The topological polar surface area (TPSA) is 43.1 Å². The molecule has 0 unspecified atom stereocenters. The van der Waals surface area contributed by atoms with Crippen molar-refractivity contribution in [3.8, 4) is 0 Å². The summed E-state index contributed by atoms with van der Waals surface area (Å²) in [5, 5.41) is 0.922. The van der Waals surface area contributed by atoms with Gasteiger partial charge in [-0.2, -0.15) is 0 Å². The van der Waals surface area contributed by atoms with E-state index in [9.17, 15) is 4.79 Å². The van der Waals surface area contributed by atoms with E-state index in [1.165, 1.54) is 16.7 Å². The smallest absolute Gasteiger partial charge is 0.198 e. The highest BCUT2D eigenvalue weighted by Crippen LogP contribution is 2.32. The summed E-state index contributed by atoms with van der Waals surface area (Å²) in [5.41, 5.74) is 6.45. The highest BCUT2D eigenvalue weighted by Gasteiger charge is 2.18. The van der Waals surface area contributed by atoms with Crippen LogP contribution in [-0.4, -0.2) is 10.8 Å². The number of allylic oxidation sites excluding steroid dienone is 1. The average Bonchev–Trinajstić information content (AvgIpc) is 3.21. The molecule has 0 radical (unpaired) electrons. The molecule has 0 atom stereocenters. The van der Waals surface area contributed by atoms with Gasteiger partial charge in [-0.05, 0) is 53.7 Å². The summed E-state index contributed by atoms with van der Waals surface area (Å²) >= 11 is 0. The molecule has 3 aromatic rings. The zero-order chi connectivity index (χ0) is 18.1. The lowest BCUT2D eigenvalue weighted by molar-refractivity contribution is 0.0957. The quantitative estimate of drug-likeness (QED) is 0.538. The number of aryl methyl sites for hydroxylation is 1. The predicted molar refractivity (Wildman–Crippen MR) is 106 cm³/mol. The Kier molecular flexibility index (Phi) is 4.29. The van der Waals surface area contributed by atoms with E-state index >= 15 is 0 Å². The zero-order valence-electron chi connectivity index (χ0n) is 14.9. The van der Waals surface area contributed by atoms with Crippen molar-refractivity contribution in [2.24, 2.45) is 0 Å². The van der Waals surface area contributed by atoms with Crippen molar-refractivity contribution < 1.29 is 9.21 Å². The van der Waals surface area contributed by atoms with Gasteiger partial charge in [0.2, 0.25) is 0 Å². The first-order chi connectivity index (χ1) is 12.7. The molecule has 0 saturated carbocycles. The van der Waals surface area contributed by atoms with Crippen LogP contribution in [0.5, 0.6) is 0 Å². The van der Waals surface area contributed by atoms with Crippen LogP contribution in [0.15, 0.2) is 47.7 Å². The van der Waals surface area contributed by atoms with Crippen molar-refractivity contribution in [2.45, 2.75) is 32.6 Å². The molecule has 1 aliphatic carbocycles. The van der Waals surface area contributed by atoms with Crippen LogP contribution >= 0.6 is 0 Å². The molecule has 0 aliphatic heterocycles. The van der Waals surface area contributed by atoms with Crippen molar-refractivity contribution >= 4 is 34.5 Å². The fourth-order valence-corrected chi connectivity index (χ4v) is 3.55. The van der Waals surface area contributed by atoms with Crippen molar-refractivity contribution in [3.63, 3.8) is 0 Å². The lowest BCUT2D eigenvalue weighted by Gasteiger charge is -2.02. The summed E-state index contributed by atoms with van der Waals surface area (Å²) in [6, 6.07) is 8.35. The normalized spacial score (nSPS) is 13.7. The molecule has 4 rings (SSSR count). The number of carbonyl (C=O) groups is 1. The Bertz CT molecular complexity index is 1040. The Morgan fingerprint density at radius 1 is 1.27 bits per heavy atom. The number of aromatic nitrogens is 1. The fourth-order valence-electron chi connectivity index (χ4n) is 3.55. The minimum absolute atomic E-state index is 0.0357. The van der Waals surface area contributed by atoms with Gasteiger partial charge in [0.1, 0.15) is 0 Å². The third-order valence-corrected chi connectivity index (χ3v) is 4.91. The molecule has 2 heterocycles. The van der Waals surface area contributed by atoms with Crippen molar-refractivity contribution in [1.29, 1.82) is 0 Å². The van der Waals surface area contributed by atoms with Gasteiger partial charge in [-0.25, -0.2) is 0 Å². The molecule has 3 nitrogen and oxygen atoms in total. The summed E-state index contributed by atoms with van der Waals surface area (Å²) in [4.78, 5) is 16.6. The van der Waals surface area contributed by atoms with Gasteiger partial charge < -0.3 is 4.42 Å². The van der Waals surface area contributed by atoms with Crippen LogP contribution in [0.25, 0.3) is 28.7 Å². The molecule has 0 spiro atoms. The highest BCUT2D eigenvalue weighted by atomic mass is 16.3. The van der Waals surface area contributed by atoms with Gasteiger partial charge in [-0.1, -0.05) is 37.8 Å². The minimum atomic E-state index is 0.0357. The Balaban J connectivity index is 1.74. The first kappa shape index (κ1) is 16.5. The number of Topliss-reactive ketones (excluding diaryl/α,β-unsaturated/α-hetero) is 1. The van der Waals surface area contributed by atoms with Crippen LogP contribution in [0.1, 0.15) is 59.0 Å². The number of benzene rings is 1. The first-order valence-corrected chi connectivity index (χ1v) is 9.06. The minimum Gasteiger partial charge on any atom is -0.451 e. The second-order valence-corrected chi connectivity index (χ2v) is 6.74. The standard InChI is InChI=1S/C23H21NO2/c1-3-4-21(25)23-20(19-11-12-24-14-22(19)26-23)10-7-16-6-9-18-15(2)5-8-17(18)13-16/h6-7,9-14H,2-5,8H2,1H3/b10-7-. The molecule has 0 N–H and O–H groups in total. The molecule has 1 aliphatic rings. The highest BCUT2D eigenvalue weighted by molar-refractivity contribution is 6.04. The predicted octanol–water partition coefficient (Wildman–Crippen LogP) is 5.94. The number of pyridine rings is 1. The van der Waals surface area contributed by atoms with E-state index < -0.39 is 0 Å². The maximum Gasteiger partial charge on any atom is 0.198 e. The van der Waals surface area contributed by atoms with Gasteiger partial charge >= 0.3 is 0 Å². The Morgan fingerprint density at radius 3 is 3.00 bits per heavy atom. The fraction of sp³-hybridized carbons (Fsp3) is 0.217. The largest absolute Gasteiger partial charge is 0.451 e. The van der Waals surface area contributed by atoms with E-state index in [4.69, 9.17) is 4.42 Å². The van der Waals surface area contributed by atoms with Gasteiger partial charge in [0.15, 0.2) is 17.1 Å². The van der Waals surface area contributed by atoms with Crippen LogP contribution < -0.4 is 0 Å². The third-order valence-electron chi connectivity index (χ3n) is 4.91. The monoisotopic (exact) mass is 343 g/mol. The van der Waals surface area contributed by atoms with Crippen LogP contribution in [0, 0.1) is 0 Å². The van der Waals surface area contributed by atoms with Crippen molar-refractivity contribution in [3.05, 3.63) is 71.3 Å². The molecule has 0 saturated heterocycles. The van der Waals surface area contributed by atoms with E-state index in [-0.39, 0.29) is 5.78 Å². The Labute approximate surface area is 153 Å². The third kappa shape index (κ3) is 2.90. The van der Waals surface area contributed by atoms with Gasteiger partial charge in [-0.3, -0.25) is 9.78 Å². The van der Waals surface area contributed by atoms with Gasteiger partial charge in [0.05, 0.1) is 6.20 Å². The maximum atomic E-state index is 12.5. The zero-order valence-corrected chi connectivity index (χ0v) is 14.9. The second kappa shape index (κ2) is 6.75. The molecule has 0 bridgehead atoms. The Morgan fingerprint density at radius 2 is 2.15 bits per heavy atom. The second-order valence-electron chi connectivity index (χ2n) is 6.74. The van der Waals surface area contributed by atoms with E-state index in [1.54, 1.807) is 12.4 Å². The van der Waals surface area contributed by atoms with Crippen molar-refractivity contribution in [2.75, 3.05) is 0 Å². The summed E-state index contributed by atoms with van der Waals surface area (Å²) in [6.07, 6.45) is 10.8. The molecule has 2 aromatic heterocycles. The summed E-state index contributed by atoms with van der Waals surface area (Å²) in [5.74, 6) is 0.467. The van der Waals surface area contributed by atoms with Gasteiger partial charge in [0.25, 0.3) is 0 Å². The molecule has 3 heteroatoms. The number of hydrogen-bond donors (Lipinski definition) is 0. The summed E-state index contributed by atoms with van der Waals surface area (Å²) in [6.45, 7) is 6.12. The van der Waals surface area contributed by atoms with Crippen molar-refractivity contribution in [1.82, 2.24) is 4.98 Å². The van der Waals surface area contributed by atoms with E-state index in [0.717, 1.165) is 35.8 Å². The number of carbonyl (C=O) groups excluding carboxylic acids is 1. The van der Waals surface area contributed by atoms with Crippen LogP contribution in [0.2, 0.25) is 0 Å². The summed E-state index contributed by atoms with van der Waals surface area (Å²) < 4.78 is 5.82. The molecule has 0 amide bonds. The average molecular weight is 343 g/mol. The number of ketones is 1. The first-order valence-electron chi connectivity index (χ1n) is 9.06. The lowest BCUT2D eigenvalue weighted by Crippen LogP contribution is -1.98. The molecule has 0 fully saturated rings. The lowest BCUT2D eigenvalue weighted by atomic mass is 10.0. The number of hydrogen-bond acceptors (Lipinski definition) is 3. The van der Waals surface area contributed by atoms with E-state index in [0.29, 0.717) is 17.8 Å². The number of nitrogens with zero attached hydrogens (tertiary/aromatic N) is 1. The maximum absolute atomic E-state index is 12.5. The summed E-state index contributed by atoms with van der Waals surface area (Å²) in [7, 11) is 0. The molecule has 130 valence electrons. The van der Waals surface area contributed by atoms with E-state index in [1.807, 2.05) is 19.1 Å². The van der Waals surface area contributed by atoms with Gasteiger partial charge in [-0.15, -0.1) is 0 Å². The number of fused-ring (bicyclic) bond motifs is 2. The van der Waals surface area contributed by atoms with Gasteiger partial charge in [0, 0.05) is 23.6 Å². The van der Waals surface area contributed by atoms with Crippen LogP contribution in [0.3, 0.4) is 0 Å². The number of rotatable bonds is 5. The van der Waals surface area contributed by atoms with Crippen LogP contribution in [0.4, 0.5) is 0 Å². The van der Waals surface area contributed by atoms with E-state index in [2.05, 4.69) is 35.8 Å². The SMILES string of the molecule is C=C1CCc2cc(/C=C\c3c(C(=O)CCC)oc4cnccc34)ccc21. The molecular formula is C23H21NO2. The van der Waals surface area contributed by atoms with Crippen LogP contribution in [-0.2, 0) is 6.42 Å². The Hall–Kier alpha value is -2.94.